The molecule has 2 aromatic heterocycles. The maximum absolute atomic E-state index is 11.1. The first-order chi connectivity index (χ1) is 6.74. The van der Waals surface area contributed by atoms with E-state index in [0.717, 1.165) is 0 Å². The van der Waals surface area contributed by atoms with E-state index >= 15 is 0 Å². The number of nitrogens with zero attached hydrogens (tertiary/aromatic N) is 3. The number of fused-ring (bicyclic) bond motifs is 1. The van der Waals surface area contributed by atoms with E-state index in [-0.39, 0.29) is 5.69 Å². The smallest absolute Gasteiger partial charge is 0.271 e. The molecule has 0 bridgehead atoms. The quantitative estimate of drug-likeness (QED) is 0.692. The van der Waals surface area contributed by atoms with Gasteiger partial charge < -0.3 is 11.1 Å². The molecule has 2 rings (SSSR count). The van der Waals surface area contributed by atoms with Crippen LogP contribution in [0.4, 0.5) is 5.82 Å². The average Bonchev–Trinajstić information content (AvgIpc) is 2.55. The number of nitrogens with one attached hydrogen (secondary N) is 1. The topological polar surface area (TPSA) is 85.3 Å². The average molecular weight is 191 g/mol. The van der Waals surface area contributed by atoms with Gasteiger partial charge in [0.15, 0.2) is 17.2 Å². The van der Waals surface area contributed by atoms with Crippen molar-refractivity contribution in [2.45, 2.75) is 0 Å². The van der Waals surface area contributed by atoms with Crippen LogP contribution in [0, 0.1) is 0 Å². The molecule has 6 heteroatoms. The summed E-state index contributed by atoms with van der Waals surface area (Å²) in [6.07, 6.45) is 1.57. The fraction of sp³-hybridized carbons (Fsp3) is 0.125. The zero-order valence-corrected chi connectivity index (χ0v) is 7.56. The fourth-order valence-corrected chi connectivity index (χ4v) is 1.28. The van der Waals surface area contributed by atoms with Crippen LogP contribution in [0.25, 0.3) is 5.65 Å². The van der Waals surface area contributed by atoms with Gasteiger partial charge in [-0.05, 0) is 12.1 Å². The monoisotopic (exact) mass is 191 g/mol. The second-order valence-corrected chi connectivity index (χ2v) is 2.72. The highest BCUT2D eigenvalue weighted by Gasteiger charge is 2.15. The zero-order valence-electron chi connectivity index (χ0n) is 7.56. The second kappa shape index (κ2) is 2.99. The summed E-state index contributed by atoms with van der Waals surface area (Å²) in [5, 5.41) is 6.78. The number of imidazole rings is 1. The number of carbonyl (C=O) groups is 1. The van der Waals surface area contributed by atoms with Crippen LogP contribution in [0.5, 0.6) is 0 Å². The van der Waals surface area contributed by atoms with Gasteiger partial charge in [0, 0.05) is 13.2 Å². The van der Waals surface area contributed by atoms with E-state index in [9.17, 15) is 4.79 Å². The fourth-order valence-electron chi connectivity index (χ4n) is 1.28. The van der Waals surface area contributed by atoms with Crippen LogP contribution in [0.1, 0.15) is 10.5 Å². The summed E-state index contributed by atoms with van der Waals surface area (Å²) in [5.74, 6) is -0.114. The molecule has 2 aromatic rings. The van der Waals surface area contributed by atoms with Crippen LogP contribution < -0.4 is 11.1 Å². The van der Waals surface area contributed by atoms with E-state index in [1.165, 1.54) is 4.52 Å². The van der Waals surface area contributed by atoms with E-state index in [2.05, 4.69) is 15.4 Å². The molecular weight excluding hydrogens is 182 g/mol. The highest BCUT2D eigenvalue weighted by Crippen LogP contribution is 2.14. The molecule has 0 saturated carbocycles. The van der Waals surface area contributed by atoms with Gasteiger partial charge in [0.2, 0.25) is 0 Å². The third-order valence-electron chi connectivity index (χ3n) is 1.86. The predicted molar refractivity (Wildman–Crippen MR) is 51.1 cm³/mol. The van der Waals surface area contributed by atoms with E-state index < -0.39 is 5.91 Å². The van der Waals surface area contributed by atoms with E-state index in [0.29, 0.717) is 11.5 Å². The Morgan fingerprint density at radius 3 is 3.07 bits per heavy atom. The molecule has 1 amide bonds. The van der Waals surface area contributed by atoms with Gasteiger partial charge in [0.05, 0.1) is 0 Å². The summed E-state index contributed by atoms with van der Waals surface area (Å²) in [4.78, 5) is 15.3. The van der Waals surface area contributed by atoms with Gasteiger partial charge in [0.1, 0.15) is 0 Å². The lowest BCUT2D eigenvalue weighted by Crippen LogP contribution is -2.16. The summed E-state index contributed by atoms with van der Waals surface area (Å²) in [6, 6.07) is 3.49. The Morgan fingerprint density at radius 1 is 1.64 bits per heavy atom. The molecule has 0 unspecified atom stereocenters. The number of hydrogen-bond acceptors (Lipinski definition) is 4. The standard InChI is InChI=1S/C8H9N5O/c1-10-8-6(7(9)14)13-5(12-8)3-2-4-11-13/h2-4,10H,1H3,(H2,9,14). The van der Waals surface area contributed by atoms with Crippen LogP contribution in [-0.4, -0.2) is 27.6 Å². The highest BCUT2D eigenvalue weighted by atomic mass is 16.1. The van der Waals surface area contributed by atoms with Crippen LogP contribution >= 0.6 is 0 Å². The summed E-state index contributed by atoms with van der Waals surface area (Å²) in [7, 11) is 1.67. The number of anilines is 1. The molecule has 14 heavy (non-hydrogen) atoms. The lowest BCUT2D eigenvalue weighted by Gasteiger charge is -1.97. The van der Waals surface area contributed by atoms with E-state index in [1.54, 1.807) is 25.4 Å². The molecule has 72 valence electrons. The van der Waals surface area contributed by atoms with Crippen molar-refractivity contribution in [3.63, 3.8) is 0 Å². The molecule has 6 nitrogen and oxygen atoms in total. The van der Waals surface area contributed by atoms with Gasteiger partial charge in [-0.3, -0.25) is 4.79 Å². The van der Waals surface area contributed by atoms with Crippen molar-refractivity contribution in [3.05, 3.63) is 24.0 Å². The lowest BCUT2D eigenvalue weighted by atomic mass is 10.4. The molecule has 0 aliphatic rings. The molecule has 0 fully saturated rings. The molecule has 0 atom stereocenters. The van der Waals surface area contributed by atoms with Gasteiger partial charge in [-0.25, -0.2) is 9.50 Å². The molecule has 0 aliphatic carbocycles. The van der Waals surface area contributed by atoms with Gasteiger partial charge in [0.25, 0.3) is 5.91 Å². The molecule has 3 N–H and O–H groups in total. The predicted octanol–water partition coefficient (Wildman–Crippen LogP) is -0.130. The second-order valence-electron chi connectivity index (χ2n) is 2.72. The van der Waals surface area contributed by atoms with Crippen LogP contribution in [-0.2, 0) is 0 Å². The van der Waals surface area contributed by atoms with E-state index in [1.807, 2.05) is 0 Å². The highest BCUT2D eigenvalue weighted by molar-refractivity contribution is 5.96. The number of carbonyl (C=O) groups excluding carboxylic acids is 1. The first-order valence-corrected chi connectivity index (χ1v) is 4.05. The van der Waals surface area contributed by atoms with Crippen molar-refractivity contribution in [3.8, 4) is 0 Å². The summed E-state index contributed by atoms with van der Waals surface area (Å²) in [6.45, 7) is 0. The lowest BCUT2D eigenvalue weighted by molar-refractivity contribution is 0.0994. The SMILES string of the molecule is CNc1nc2cccnn2c1C(N)=O. The van der Waals surface area contributed by atoms with Crippen molar-refractivity contribution >= 4 is 17.4 Å². The minimum absolute atomic E-state index is 0.267. The Bertz CT molecular complexity index is 489. The number of amides is 1. The van der Waals surface area contributed by atoms with Crippen molar-refractivity contribution in [2.24, 2.45) is 5.73 Å². The number of hydrogen-bond donors (Lipinski definition) is 2. The Balaban J connectivity index is 2.81. The van der Waals surface area contributed by atoms with Crippen molar-refractivity contribution in [2.75, 3.05) is 12.4 Å². The zero-order chi connectivity index (χ0) is 10.1. The van der Waals surface area contributed by atoms with Crippen LogP contribution in [0.2, 0.25) is 0 Å². The van der Waals surface area contributed by atoms with Crippen molar-refractivity contribution < 1.29 is 4.79 Å². The van der Waals surface area contributed by atoms with Gasteiger partial charge in [-0.1, -0.05) is 0 Å². The van der Waals surface area contributed by atoms with Crippen LogP contribution in [0.15, 0.2) is 18.3 Å². The number of primary amides is 1. The molecule has 0 saturated heterocycles. The van der Waals surface area contributed by atoms with Crippen LogP contribution in [0.3, 0.4) is 0 Å². The summed E-state index contributed by atoms with van der Waals surface area (Å²) in [5.41, 5.74) is 6.08. The Hall–Kier alpha value is -2.11. The molecular formula is C8H9N5O. The number of aromatic nitrogens is 3. The number of rotatable bonds is 2. The Morgan fingerprint density at radius 2 is 2.43 bits per heavy atom. The van der Waals surface area contributed by atoms with Crippen molar-refractivity contribution in [1.82, 2.24) is 14.6 Å². The first kappa shape index (κ1) is 8.49. The normalized spacial score (nSPS) is 10.4. The number of nitrogens with two attached hydrogens (primary N) is 1. The third-order valence-corrected chi connectivity index (χ3v) is 1.86. The summed E-state index contributed by atoms with van der Waals surface area (Å²) < 4.78 is 1.41. The van der Waals surface area contributed by atoms with Gasteiger partial charge in [-0.2, -0.15) is 5.10 Å². The largest absolute Gasteiger partial charge is 0.371 e. The molecule has 0 aromatic carbocycles. The van der Waals surface area contributed by atoms with Gasteiger partial charge >= 0.3 is 0 Å². The Kier molecular flexibility index (Phi) is 1.81. The Labute approximate surface area is 79.7 Å². The third kappa shape index (κ3) is 1.08. The molecule has 0 radical (unpaired) electrons. The maximum atomic E-state index is 11.1. The summed E-state index contributed by atoms with van der Waals surface area (Å²) >= 11 is 0. The minimum Gasteiger partial charge on any atom is -0.371 e. The maximum Gasteiger partial charge on any atom is 0.271 e. The minimum atomic E-state index is -0.555. The van der Waals surface area contributed by atoms with Crippen molar-refractivity contribution in [1.29, 1.82) is 0 Å². The molecule has 0 aliphatic heterocycles. The first-order valence-electron chi connectivity index (χ1n) is 4.05. The van der Waals surface area contributed by atoms with Gasteiger partial charge in [-0.15, -0.1) is 0 Å². The van der Waals surface area contributed by atoms with E-state index in [4.69, 9.17) is 5.73 Å². The molecule has 0 spiro atoms. The molecule has 2 heterocycles.